The van der Waals surface area contributed by atoms with E-state index in [4.69, 9.17) is 16.3 Å². The van der Waals surface area contributed by atoms with E-state index in [2.05, 4.69) is 71.8 Å². The van der Waals surface area contributed by atoms with E-state index in [1.54, 1.807) is 7.11 Å². The van der Waals surface area contributed by atoms with E-state index in [0.29, 0.717) is 28.6 Å². The number of hydrogen-bond donors (Lipinski definition) is 1. The number of aliphatic imine (C=N–C) groups is 1. The van der Waals surface area contributed by atoms with Crippen LogP contribution in [0.5, 0.6) is 5.75 Å². The van der Waals surface area contributed by atoms with E-state index < -0.39 is 0 Å². The summed E-state index contributed by atoms with van der Waals surface area (Å²) in [5, 5.41) is 4.38. The number of anilines is 1. The number of hydrogen-bond acceptors (Lipinski definition) is 3. The van der Waals surface area contributed by atoms with Gasteiger partial charge in [0.05, 0.1) is 23.9 Å². The molecule has 3 nitrogen and oxygen atoms in total. The van der Waals surface area contributed by atoms with E-state index in [-0.39, 0.29) is 0 Å². The molecule has 31 heavy (non-hydrogen) atoms. The Morgan fingerprint density at radius 3 is 2.68 bits per heavy atom. The number of nitrogens with one attached hydrogen (secondary N) is 1. The fraction of sp³-hybridized carbons (Fsp3) is 0.222. The predicted molar refractivity (Wildman–Crippen MR) is 129 cm³/mol. The largest absolute Gasteiger partial charge is 0.495 e. The average Bonchev–Trinajstić information content (AvgIpc) is 3.28. The lowest BCUT2D eigenvalue weighted by Gasteiger charge is -2.37. The maximum Gasteiger partial charge on any atom is 0.137 e. The molecule has 0 amide bonds. The highest BCUT2D eigenvalue weighted by atomic mass is 35.5. The van der Waals surface area contributed by atoms with Crippen LogP contribution in [0, 0.1) is 12.8 Å². The molecule has 1 aliphatic carbocycles. The fourth-order valence-electron chi connectivity index (χ4n) is 4.72. The van der Waals surface area contributed by atoms with Crippen molar-refractivity contribution in [1.82, 2.24) is 0 Å². The third-order valence-electron chi connectivity index (χ3n) is 6.31. The van der Waals surface area contributed by atoms with E-state index in [1.807, 2.05) is 24.4 Å². The molecule has 3 aromatic carbocycles. The minimum atomic E-state index is 0.300. The van der Waals surface area contributed by atoms with Gasteiger partial charge in [0.1, 0.15) is 5.75 Å². The standard InChI is InChI=1S/C27H25ClN2O/c1-17-6-12-25-23(14-17)21-4-3-5-22(21)27(30-25)19-8-10-20(11-9-19)29-16-18-7-13-26(31-2)24(28)15-18/h3-4,6-16,21-22,27,30H,5H2,1-2H3/t21-,22-,27+/m1/s1. The second-order valence-electron chi connectivity index (χ2n) is 8.31. The Balaban J connectivity index is 1.36. The molecule has 3 atom stereocenters. The zero-order valence-corrected chi connectivity index (χ0v) is 18.4. The quantitative estimate of drug-likeness (QED) is 0.351. The molecular formula is C27H25ClN2O. The van der Waals surface area contributed by atoms with Gasteiger partial charge >= 0.3 is 0 Å². The molecule has 0 spiro atoms. The number of nitrogens with zero attached hydrogens (tertiary/aromatic N) is 1. The van der Waals surface area contributed by atoms with Crippen LogP contribution in [0.15, 0.2) is 77.8 Å². The molecule has 2 aliphatic rings. The number of allylic oxidation sites excluding steroid dienone is 2. The van der Waals surface area contributed by atoms with Gasteiger partial charge < -0.3 is 10.1 Å². The van der Waals surface area contributed by atoms with Crippen LogP contribution in [0.1, 0.15) is 40.6 Å². The highest BCUT2D eigenvalue weighted by molar-refractivity contribution is 6.32. The maximum absolute atomic E-state index is 6.21. The first-order valence-corrected chi connectivity index (χ1v) is 11.0. The van der Waals surface area contributed by atoms with Gasteiger partial charge in [-0.1, -0.05) is 53.6 Å². The van der Waals surface area contributed by atoms with Crippen LogP contribution in [0.2, 0.25) is 5.02 Å². The van der Waals surface area contributed by atoms with Crippen LogP contribution in [-0.4, -0.2) is 13.3 Å². The second-order valence-corrected chi connectivity index (χ2v) is 8.72. The zero-order valence-electron chi connectivity index (χ0n) is 17.7. The lowest BCUT2D eigenvalue weighted by Crippen LogP contribution is -2.29. The maximum atomic E-state index is 6.21. The number of aryl methyl sites for hydroxylation is 1. The summed E-state index contributed by atoms with van der Waals surface area (Å²) >= 11 is 6.21. The highest BCUT2D eigenvalue weighted by Gasteiger charge is 2.37. The summed E-state index contributed by atoms with van der Waals surface area (Å²) in [6.07, 6.45) is 7.65. The fourth-order valence-corrected chi connectivity index (χ4v) is 4.99. The Kier molecular flexibility index (Phi) is 5.29. The van der Waals surface area contributed by atoms with Gasteiger partial charge in [-0.2, -0.15) is 0 Å². The van der Waals surface area contributed by atoms with Crippen LogP contribution in [0.25, 0.3) is 0 Å². The van der Waals surface area contributed by atoms with Gasteiger partial charge in [-0.15, -0.1) is 0 Å². The number of benzene rings is 3. The van der Waals surface area contributed by atoms with Crippen molar-refractivity contribution in [3.8, 4) is 5.75 Å². The van der Waals surface area contributed by atoms with Gasteiger partial charge in [0.2, 0.25) is 0 Å². The van der Waals surface area contributed by atoms with E-state index in [1.165, 1.54) is 22.4 Å². The second kappa shape index (κ2) is 8.24. The highest BCUT2D eigenvalue weighted by Crippen LogP contribution is 2.50. The SMILES string of the molecule is COc1ccc(C=Nc2ccc([C@@H]3Nc4ccc(C)cc4[C@@H]4C=CC[C@H]43)cc2)cc1Cl. The minimum absolute atomic E-state index is 0.300. The molecule has 1 N–H and O–H groups in total. The molecule has 5 rings (SSSR count). The summed E-state index contributed by atoms with van der Waals surface area (Å²) in [5.74, 6) is 1.70. The van der Waals surface area contributed by atoms with Gasteiger partial charge in [-0.05, 0) is 72.4 Å². The van der Waals surface area contributed by atoms with Gasteiger partial charge in [0.15, 0.2) is 0 Å². The molecule has 0 fully saturated rings. The summed E-state index contributed by atoms with van der Waals surface area (Å²) in [6, 6.07) is 21.2. The molecule has 1 heterocycles. The molecule has 0 unspecified atom stereocenters. The van der Waals surface area contributed by atoms with Crippen molar-refractivity contribution in [1.29, 1.82) is 0 Å². The van der Waals surface area contributed by atoms with Gasteiger partial charge in [0.25, 0.3) is 0 Å². The van der Waals surface area contributed by atoms with Crippen LogP contribution >= 0.6 is 11.6 Å². The van der Waals surface area contributed by atoms with E-state index in [0.717, 1.165) is 17.7 Å². The molecule has 1 aliphatic heterocycles. The molecule has 0 saturated heterocycles. The van der Waals surface area contributed by atoms with Crippen molar-refractivity contribution in [2.24, 2.45) is 10.9 Å². The number of rotatable bonds is 4. The third kappa shape index (κ3) is 3.86. The van der Waals surface area contributed by atoms with Crippen LogP contribution in [-0.2, 0) is 0 Å². The van der Waals surface area contributed by atoms with Gasteiger partial charge in [0, 0.05) is 17.8 Å². The Morgan fingerprint density at radius 1 is 1.06 bits per heavy atom. The Labute approximate surface area is 188 Å². The molecule has 156 valence electrons. The van der Waals surface area contributed by atoms with E-state index >= 15 is 0 Å². The monoisotopic (exact) mass is 428 g/mol. The zero-order chi connectivity index (χ0) is 21.4. The Morgan fingerprint density at radius 2 is 1.90 bits per heavy atom. The summed E-state index contributed by atoms with van der Waals surface area (Å²) in [7, 11) is 1.61. The first-order valence-electron chi connectivity index (χ1n) is 10.6. The van der Waals surface area contributed by atoms with Crippen molar-refractivity contribution in [2.45, 2.75) is 25.3 Å². The number of fused-ring (bicyclic) bond motifs is 3. The third-order valence-corrected chi connectivity index (χ3v) is 6.60. The number of ether oxygens (including phenoxy) is 1. The topological polar surface area (TPSA) is 33.6 Å². The lowest BCUT2D eigenvalue weighted by molar-refractivity contribution is 0.415. The smallest absolute Gasteiger partial charge is 0.137 e. The van der Waals surface area contributed by atoms with Crippen molar-refractivity contribution in [3.63, 3.8) is 0 Å². The van der Waals surface area contributed by atoms with Gasteiger partial charge in [-0.25, -0.2) is 0 Å². The first kappa shape index (κ1) is 19.9. The molecule has 0 radical (unpaired) electrons. The lowest BCUT2D eigenvalue weighted by atomic mass is 9.76. The van der Waals surface area contributed by atoms with Crippen LogP contribution in [0.3, 0.4) is 0 Å². The average molecular weight is 429 g/mol. The summed E-state index contributed by atoms with van der Waals surface area (Å²) in [6.45, 7) is 2.17. The predicted octanol–water partition coefficient (Wildman–Crippen LogP) is 7.23. The normalized spacial score (nSPS) is 21.6. The molecule has 0 bridgehead atoms. The molecule has 0 aromatic heterocycles. The Bertz CT molecular complexity index is 1170. The summed E-state index contributed by atoms with van der Waals surface area (Å²) < 4.78 is 5.20. The summed E-state index contributed by atoms with van der Waals surface area (Å²) in [5.41, 5.74) is 7.16. The van der Waals surface area contributed by atoms with E-state index in [9.17, 15) is 0 Å². The van der Waals surface area contributed by atoms with Crippen LogP contribution < -0.4 is 10.1 Å². The Hall–Kier alpha value is -3.04. The first-order chi connectivity index (χ1) is 15.1. The number of methoxy groups -OCH3 is 1. The molecule has 0 saturated carbocycles. The minimum Gasteiger partial charge on any atom is -0.495 e. The van der Waals surface area contributed by atoms with Crippen molar-refractivity contribution in [3.05, 3.63) is 100 Å². The van der Waals surface area contributed by atoms with Crippen molar-refractivity contribution >= 4 is 29.2 Å². The molecule has 4 heteroatoms. The van der Waals surface area contributed by atoms with Crippen molar-refractivity contribution in [2.75, 3.05) is 12.4 Å². The number of halogens is 1. The molecular weight excluding hydrogens is 404 g/mol. The molecule has 3 aromatic rings. The summed E-state index contributed by atoms with van der Waals surface area (Å²) in [4.78, 5) is 4.61. The van der Waals surface area contributed by atoms with Gasteiger partial charge in [-0.3, -0.25) is 4.99 Å². The van der Waals surface area contributed by atoms with Crippen LogP contribution in [0.4, 0.5) is 11.4 Å². The van der Waals surface area contributed by atoms with Crippen molar-refractivity contribution < 1.29 is 4.74 Å².